The van der Waals surface area contributed by atoms with Crippen molar-refractivity contribution < 1.29 is 14.3 Å². The van der Waals surface area contributed by atoms with Gasteiger partial charge in [-0.3, -0.25) is 9.59 Å². The van der Waals surface area contributed by atoms with Gasteiger partial charge in [0.25, 0.3) is 0 Å². The molecule has 0 spiro atoms. The van der Waals surface area contributed by atoms with Gasteiger partial charge in [-0.25, -0.2) is 0 Å². The molecule has 4 fully saturated rings. The summed E-state index contributed by atoms with van der Waals surface area (Å²) in [6.07, 6.45) is 2.05. The van der Waals surface area contributed by atoms with Gasteiger partial charge in [0.1, 0.15) is 6.10 Å². The molecule has 2 aliphatic heterocycles. The monoisotopic (exact) mass is 311 g/mol. The Morgan fingerprint density at radius 2 is 2.28 bits per heavy atom. The molecule has 96 valence electrons. The first-order valence-corrected chi connectivity index (χ1v) is 7.03. The highest BCUT2D eigenvalue weighted by atomic mass is 79.9. The molecular weight excluding hydrogens is 298 g/mol. The molecule has 0 unspecified atom stereocenters. The zero-order valence-electron chi connectivity index (χ0n) is 10.1. The summed E-state index contributed by atoms with van der Waals surface area (Å²) in [7, 11) is 1.79. The summed E-state index contributed by atoms with van der Waals surface area (Å²) in [6.45, 7) is 4.37. The summed E-state index contributed by atoms with van der Waals surface area (Å²) in [5, 5.41) is 0. The summed E-state index contributed by atoms with van der Waals surface area (Å²) in [5.41, 5.74) is -0.694. The highest BCUT2D eigenvalue weighted by molar-refractivity contribution is 9.10. The van der Waals surface area contributed by atoms with Crippen molar-refractivity contribution in [1.29, 1.82) is 0 Å². The van der Waals surface area contributed by atoms with Gasteiger partial charge in [0.15, 0.2) is 5.78 Å². The minimum absolute atomic E-state index is 0.0567. The smallest absolute Gasteiger partial charge is 0.233 e. The van der Waals surface area contributed by atoms with Gasteiger partial charge in [0, 0.05) is 13.0 Å². The van der Waals surface area contributed by atoms with Crippen molar-refractivity contribution in [1.82, 2.24) is 4.90 Å². The first kappa shape index (κ1) is 11.2. The van der Waals surface area contributed by atoms with Gasteiger partial charge < -0.3 is 9.64 Å². The van der Waals surface area contributed by atoms with Crippen LogP contribution in [0, 0.1) is 17.3 Å². The number of rotatable bonds is 1. The Bertz CT molecular complexity index is 506. The summed E-state index contributed by atoms with van der Waals surface area (Å²) < 4.78 is 5.39. The number of ether oxygens (including phenoxy) is 1. The maximum atomic E-state index is 12.5. The molecule has 4 nitrogen and oxygen atoms in total. The molecule has 5 heteroatoms. The number of amides is 1. The molecule has 2 heterocycles. The number of carbonyl (C=O) groups excluding carboxylic acids is 2. The second kappa shape index (κ2) is 2.90. The van der Waals surface area contributed by atoms with E-state index >= 15 is 0 Å². The second-order valence-electron chi connectivity index (χ2n) is 5.89. The number of alkyl halides is 1. The van der Waals surface area contributed by atoms with Crippen LogP contribution in [-0.2, 0) is 14.3 Å². The van der Waals surface area contributed by atoms with Gasteiger partial charge in [-0.15, -0.1) is 6.58 Å². The lowest BCUT2D eigenvalue weighted by molar-refractivity contribution is -0.159. The van der Waals surface area contributed by atoms with E-state index in [-0.39, 0.29) is 40.0 Å². The average molecular weight is 312 g/mol. The van der Waals surface area contributed by atoms with E-state index in [2.05, 4.69) is 22.5 Å². The predicted molar refractivity (Wildman–Crippen MR) is 67.2 cm³/mol. The van der Waals surface area contributed by atoms with Crippen LogP contribution in [0.2, 0.25) is 0 Å². The van der Waals surface area contributed by atoms with E-state index in [1.54, 1.807) is 18.0 Å². The van der Waals surface area contributed by atoms with Crippen LogP contribution in [0.5, 0.6) is 0 Å². The molecule has 4 rings (SSSR count). The van der Waals surface area contributed by atoms with Gasteiger partial charge in [-0.1, -0.05) is 22.0 Å². The number of likely N-dealkylation sites (tertiary alicyclic amines) is 1. The zero-order chi connectivity index (χ0) is 12.9. The quantitative estimate of drug-likeness (QED) is 0.530. The molecule has 0 aromatic rings. The van der Waals surface area contributed by atoms with E-state index in [4.69, 9.17) is 4.74 Å². The normalized spacial score (nSPS) is 56.4. The van der Waals surface area contributed by atoms with E-state index in [0.29, 0.717) is 13.0 Å². The number of ketones is 1. The van der Waals surface area contributed by atoms with Gasteiger partial charge in [0.05, 0.1) is 28.3 Å². The number of hydrogen-bond acceptors (Lipinski definition) is 3. The molecule has 5 bridgehead atoms. The maximum absolute atomic E-state index is 12.5. The third kappa shape index (κ3) is 0.809. The first-order valence-electron chi connectivity index (χ1n) is 6.23. The standard InChI is InChI=1S/C13H14BrNO3/c1-3-12-7-4-6-9(16)8(12)10(15(2)11(12)17)13(7,14)5-18-6/h3,6-8,10H,1,4-5H2,2H3/t6-,7+,8+,10+,12+,13-/m1/s1. The summed E-state index contributed by atoms with van der Waals surface area (Å²) in [5.74, 6) is 0.00438. The van der Waals surface area contributed by atoms with Crippen LogP contribution in [0.1, 0.15) is 6.42 Å². The number of Topliss-reactive ketones (excluding diaryl/α,β-unsaturated/α-hetero) is 1. The number of hydrogen-bond donors (Lipinski definition) is 0. The van der Waals surface area contributed by atoms with Gasteiger partial charge >= 0.3 is 0 Å². The Kier molecular flexibility index (Phi) is 1.80. The molecule has 2 saturated carbocycles. The van der Waals surface area contributed by atoms with Crippen LogP contribution in [-0.4, -0.2) is 46.7 Å². The summed E-state index contributed by atoms with van der Waals surface area (Å²) in [4.78, 5) is 26.8. The van der Waals surface area contributed by atoms with Crippen LogP contribution in [0.4, 0.5) is 0 Å². The highest BCUT2D eigenvalue weighted by Gasteiger charge is 2.81. The minimum Gasteiger partial charge on any atom is -0.369 e. The Balaban J connectivity index is 2.03. The number of nitrogens with zero attached hydrogens (tertiary/aromatic N) is 1. The fraction of sp³-hybridized carbons (Fsp3) is 0.692. The van der Waals surface area contributed by atoms with Gasteiger partial charge in [0.2, 0.25) is 5.91 Å². The molecule has 4 aliphatic rings. The lowest BCUT2D eigenvalue weighted by Crippen LogP contribution is -2.61. The number of piperidine rings is 1. The predicted octanol–water partition coefficient (Wildman–Crippen LogP) is 0.751. The van der Waals surface area contributed by atoms with Crippen molar-refractivity contribution in [3.8, 4) is 0 Å². The molecule has 2 aliphatic carbocycles. The van der Waals surface area contributed by atoms with Crippen LogP contribution in [0.3, 0.4) is 0 Å². The molecular formula is C13H14BrNO3. The zero-order valence-corrected chi connectivity index (χ0v) is 11.6. The molecule has 1 amide bonds. The van der Waals surface area contributed by atoms with E-state index < -0.39 is 5.41 Å². The van der Waals surface area contributed by atoms with Crippen molar-refractivity contribution in [3.05, 3.63) is 12.7 Å². The maximum Gasteiger partial charge on any atom is 0.233 e. The summed E-state index contributed by atoms with van der Waals surface area (Å²) >= 11 is 3.80. The fourth-order valence-corrected chi connectivity index (χ4v) is 6.12. The third-order valence-electron chi connectivity index (χ3n) is 5.50. The largest absolute Gasteiger partial charge is 0.369 e. The Labute approximate surface area is 113 Å². The molecule has 18 heavy (non-hydrogen) atoms. The Hall–Kier alpha value is -0.680. The SMILES string of the molecule is C=C[C@@]12C(=O)N(C)[C@H]3[C@@H]1C(=O)[C@H]1C[C@@H]2[C@]3(Br)CO1. The Morgan fingerprint density at radius 3 is 2.94 bits per heavy atom. The highest BCUT2D eigenvalue weighted by Crippen LogP contribution is 2.70. The molecule has 2 saturated heterocycles. The molecule has 0 aromatic carbocycles. The van der Waals surface area contributed by atoms with E-state index in [1.165, 1.54) is 0 Å². The van der Waals surface area contributed by atoms with Gasteiger partial charge in [-0.2, -0.15) is 0 Å². The van der Waals surface area contributed by atoms with Crippen LogP contribution in [0.25, 0.3) is 0 Å². The average Bonchev–Trinajstić information content (AvgIpc) is 2.65. The van der Waals surface area contributed by atoms with Crippen LogP contribution >= 0.6 is 15.9 Å². The summed E-state index contributed by atoms with van der Waals surface area (Å²) in [6, 6.07) is -0.0898. The molecule has 6 atom stereocenters. The van der Waals surface area contributed by atoms with E-state index in [1.807, 2.05) is 0 Å². The van der Waals surface area contributed by atoms with Crippen molar-refractivity contribution in [2.75, 3.05) is 13.7 Å². The van der Waals surface area contributed by atoms with Crippen molar-refractivity contribution in [2.24, 2.45) is 17.3 Å². The van der Waals surface area contributed by atoms with E-state index in [9.17, 15) is 9.59 Å². The Morgan fingerprint density at radius 1 is 1.56 bits per heavy atom. The number of halogens is 1. The van der Waals surface area contributed by atoms with Gasteiger partial charge in [-0.05, 0) is 6.42 Å². The van der Waals surface area contributed by atoms with Crippen molar-refractivity contribution >= 4 is 27.6 Å². The second-order valence-corrected chi connectivity index (χ2v) is 7.37. The van der Waals surface area contributed by atoms with Crippen molar-refractivity contribution in [2.45, 2.75) is 22.9 Å². The number of fused-ring (bicyclic) bond motifs is 2. The lowest BCUT2D eigenvalue weighted by atomic mass is 9.62. The molecule has 0 radical (unpaired) electrons. The van der Waals surface area contributed by atoms with Crippen LogP contribution < -0.4 is 0 Å². The number of carbonyl (C=O) groups is 2. The topological polar surface area (TPSA) is 46.6 Å². The molecule has 0 aromatic heterocycles. The third-order valence-corrected chi connectivity index (χ3v) is 6.75. The first-order chi connectivity index (χ1) is 8.48. The van der Waals surface area contributed by atoms with E-state index in [0.717, 1.165) is 0 Å². The van der Waals surface area contributed by atoms with Crippen LogP contribution in [0.15, 0.2) is 12.7 Å². The molecule has 0 N–H and O–H groups in total. The minimum atomic E-state index is -0.694. The van der Waals surface area contributed by atoms with Crippen molar-refractivity contribution in [3.63, 3.8) is 0 Å². The lowest BCUT2D eigenvalue weighted by Gasteiger charge is -2.50. The fourth-order valence-electron chi connectivity index (χ4n) is 4.85.